The van der Waals surface area contributed by atoms with E-state index in [0.717, 1.165) is 6.07 Å². The molecule has 4 aromatic rings. The summed E-state index contributed by atoms with van der Waals surface area (Å²) < 4.78 is 71.0. The first-order chi connectivity index (χ1) is 16.6. The van der Waals surface area contributed by atoms with Crippen molar-refractivity contribution in [3.05, 3.63) is 84.6 Å². The molecule has 0 fully saturated rings. The summed E-state index contributed by atoms with van der Waals surface area (Å²) in [5.74, 6) is -3.74. The molecule has 0 radical (unpaired) electrons. The number of rotatable bonds is 6. The Morgan fingerprint density at radius 3 is 2.43 bits per heavy atom. The van der Waals surface area contributed by atoms with Gasteiger partial charge in [-0.1, -0.05) is 6.07 Å². The summed E-state index contributed by atoms with van der Waals surface area (Å²) in [6, 6.07) is 8.33. The van der Waals surface area contributed by atoms with Gasteiger partial charge in [0.2, 0.25) is 0 Å². The molecule has 8 nitrogen and oxygen atoms in total. The number of halogens is 3. The molecule has 0 spiro atoms. The number of nitrogens with zero attached hydrogens (tertiary/aromatic N) is 4. The van der Waals surface area contributed by atoms with Crippen LogP contribution in [0.1, 0.15) is 6.92 Å². The van der Waals surface area contributed by atoms with Crippen molar-refractivity contribution in [2.45, 2.75) is 18.4 Å². The lowest BCUT2D eigenvalue weighted by Gasteiger charge is -2.21. The Morgan fingerprint density at radius 2 is 1.77 bits per heavy atom. The zero-order chi connectivity index (χ0) is 25.3. The van der Waals surface area contributed by atoms with Crippen LogP contribution in [0.5, 0.6) is 0 Å². The summed E-state index contributed by atoms with van der Waals surface area (Å²) >= 11 is 0. The van der Waals surface area contributed by atoms with Crippen LogP contribution in [0.25, 0.3) is 22.4 Å². The molecule has 180 valence electrons. The first-order valence-corrected chi connectivity index (χ1v) is 11.6. The molecule has 0 aliphatic rings. The molecule has 2 aromatic heterocycles. The highest BCUT2D eigenvalue weighted by Crippen LogP contribution is 2.37. The van der Waals surface area contributed by atoms with E-state index in [1.165, 1.54) is 29.2 Å². The number of aromatic nitrogens is 3. The second-order valence-corrected chi connectivity index (χ2v) is 9.00. The number of pyridine rings is 1. The fourth-order valence-electron chi connectivity index (χ4n) is 3.49. The highest BCUT2D eigenvalue weighted by atomic mass is 32.2. The fourth-order valence-corrected chi connectivity index (χ4v) is 4.87. The first kappa shape index (κ1) is 24.0. The topological polar surface area (TPSA) is 105 Å². The molecule has 4 rings (SSSR count). The van der Waals surface area contributed by atoms with Crippen molar-refractivity contribution in [3.63, 3.8) is 0 Å². The van der Waals surface area contributed by atoms with Crippen LogP contribution in [-0.2, 0) is 16.6 Å². The van der Waals surface area contributed by atoms with Gasteiger partial charge in [-0.2, -0.15) is 9.40 Å². The van der Waals surface area contributed by atoms with Gasteiger partial charge < -0.3 is 5.11 Å². The molecule has 0 aliphatic heterocycles. The van der Waals surface area contributed by atoms with Crippen LogP contribution in [0.3, 0.4) is 0 Å². The minimum Gasteiger partial charge on any atom is -0.464 e. The third-order valence-corrected chi connectivity index (χ3v) is 6.82. The molecule has 2 heterocycles. The summed E-state index contributed by atoms with van der Waals surface area (Å²) in [6.45, 7) is 2.25. The maximum absolute atomic E-state index is 15.8. The normalized spacial score (nSPS) is 11.4. The molecule has 0 saturated heterocycles. The molecule has 0 unspecified atom stereocenters. The highest BCUT2D eigenvalue weighted by molar-refractivity contribution is 7.93. The monoisotopic (exact) mass is 502 g/mol. The molecular weight excluding hydrogens is 485 g/mol. The Kier molecular flexibility index (Phi) is 6.31. The zero-order valence-corrected chi connectivity index (χ0v) is 18.9. The summed E-state index contributed by atoms with van der Waals surface area (Å²) in [6.07, 6.45) is 2.60. The van der Waals surface area contributed by atoms with Gasteiger partial charge >= 0.3 is 6.09 Å². The molecule has 0 saturated carbocycles. The Bertz CT molecular complexity index is 1530. The molecule has 12 heteroatoms. The molecule has 0 atom stereocenters. The van der Waals surface area contributed by atoms with E-state index in [1.807, 2.05) is 6.92 Å². The van der Waals surface area contributed by atoms with Gasteiger partial charge in [-0.25, -0.2) is 26.4 Å². The summed E-state index contributed by atoms with van der Waals surface area (Å²) in [4.78, 5) is 14.7. The maximum Gasteiger partial charge on any atom is 0.426 e. The molecule has 0 aliphatic carbocycles. The van der Waals surface area contributed by atoms with Crippen molar-refractivity contribution in [1.29, 1.82) is 0 Å². The minimum atomic E-state index is -5.24. The van der Waals surface area contributed by atoms with Gasteiger partial charge in [0, 0.05) is 36.3 Å². The largest absolute Gasteiger partial charge is 0.464 e. The van der Waals surface area contributed by atoms with Crippen LogP contribution in [0.4, 0.5) is 23.7 Å². The Morgan fingerprint density at radius 1 is 1.06 bits per heavy atom. The predicted molar refractivity (Wildman–Crippen MR) is 121 cm³/mol. The summed E-state index contributed by atoms with van der Waals surface area (Å²) in [5.41, 5.74) is 0.167. The van der Waals surface area contributed by atoms with Gasteiger partial charge in [0.15, 0.2) is 5.82 Å². The van der Waals surface area contributed by atoms with E-state index in [-0.39, 0.29) is 15.6 Å². The number of benzene rings is 2. The van der Waals surface area contributed by atoms with Gasteiger partial charge in [0.1, 0.15) is 27.9 Å². The van der Waals surface area contributed by atoms with E-state index in [4.69, 9.17) is 0 Å². The quantitative estimate of drug-likeness (QED) is 0.401. The molecular formula is C23H17F3N4O4S. The van der Waals surface area contributed by atoms with Crippen LogP contribution >= 0.6 is 0 Å². The summed E-state index contributed by atoms with van der Waals surface area (Å²) in [5, 5.41) is 14.0. The van der Waals surface area contributed by atoms with Crippen LogP contribution < -0.4 is 4.31 Å². The van der Waals surface area contributed by atoms with Gasteiger partial charge in [0.25, 0.3) is 10.0 Å². The lowest BCUT2D eigenvalue weighted by Crippen LogP contribution is -2.37. The van der Waals surface area contributed by atoms with Crippen molar-refractivity contribution >= 4 is 21.8 Å². The van der Waals surface area contributed by atoms with Crippen molar-refractivity contribution in [3.8, 4) is 22.4 Å². The third-order valence-electron chi connectivity index (χ3n) is 5.11. The van der Waals surface area contributed by atoms with Crippen molar-refractivity contribution in [2.24, 2.45) is 0 Å². The zero-order valence-electron chi connectivity index (χ0n) is 18.1. The number of amides is 1. The lowest BCUT2D eigenvalue weighted by molar-refractivity contribution is 0.206. The third kappa shape index (κ3) is 4.35. The second-order valence-electron chi connectivity index (χ2n) is 7.25. The van der Waals surface area contributed by atoms with Crippen LogP contribution in [-0.4, -0.2) is 34.4 Å². The maximum atomic E-state index is 15.8. The standard InChI is InChI=1S/C23H17F3N4O4S/c1-2-29-13-17(14-8-10-27-11-9-14)22(28-29)16-4-3-5-19(21(16)26)30(23(31)32)35(33,34)20-12-15(24)6-7-18(20)25/h3-13H,2H2,1H3,(H,31,32). The van der Waals surface area contributed by atoms with E-state index in [9.17, 15) is 27.1 Å². The second kappa shape index (κ2) is 9.22. The average Bonchev–Trinajstić information content (AvgIpc) is 3.26. The van der Waals surface area contributed by atoms with Crippen molar-refractivity contribution in [2.75, 3.05) is 4.31 Å². The number of hydrogen-bond acceptors (Lipinski definition) is 5. The number of anilines is 1. The first-order valence-electron chi connectivity index (χ1n) is 10.1. The Labute approximate surface area is 197 Å². The lowest BCUT2D eigenvalue weighted by atomic mass is 10.0. The number of sulfonamides is 1. The Balaban J connectivity index is 1.92. The van der Waals surface area contributed by atoms with Gasteiger partial charge in [-0.05, 0) is 55.0 Å². The van der Waals surface area contributed by atoms with Gasteiger partial charge in [-0.3, -0.25) is 9.67 Å². The van der Waals surface area contributed by atoms with Crippen LogP contribution in [0.2, 0.25) is 0 Å². The molecule has 0 bridgehead atoms. The van der Waals surface area contributed by atoms with E-state index in [1.54, 1.807) is 18.3 Å². The van der Waals surface area contributed by atoms with E-state index >= 15 is 4.39 Å². The van der Waals surface area contributed by atoms with Gasteiger partial charge in [0.05, 0.1) is 0 Å². The number of carbonyl (C=O) groups is 1. The minimum absolute atomic E-state index is 0.122. The molecule has 1 N–H and O–H groups in total. The van der Waals surface area contributed by atoms with Gasteiger partial charge in [-0.15, -0.1) is 0 Å². The molecule has 35 heavy (non-hydrogen) atoms. The smallest absolute Gasteiger partial charge is 0.426 e. The highest BCUT2D eigenvalue weighted by Gasteiger charge is 2.36. The van der Waals surface area contributed by atoms with Crippen molar-refractivity contribution in [1.82, 2.24) is 14.8 Å². The Hall–Kier alpha value is -4.19. The summed E-state index contributed by atoms with van der Waals surface area (Å²) in [7, 11) is -5.24. The SMILES string of the molecule is CCn1cc(-c2ccncc2)c(-c2cccc(N(C(=O)O)S(=O)(=O)c3cc(F)ccc3F)c2F)n1. The van der Waals surface area contributed by atoms with E-state index in [0.29, 0.717) is 35.9 Å². The van der Waals surface area contributed by atoms with Crippen LogP contribution in [0, 0.1) is 17.5 Å². The molecule has 2 aromatic carbocycles. The number of hydrogen-bond donors (Lipinski definition) is 1. The number of carboxylic acid groups (broad SMARTS) is 1. The molecule has 1 amide bonds. The van der Waals surface area contributed by atoms with Crippen LogP contribution in [0.15, 0.2) is 72.0 Å². The fraction of sp³-hybridized carbons (Fsp3) is 0.0870. The average molecular weight is 502 g/mol. The predicted octanol–water partition coefficient (Wildman–Crippen LogP) is 4.92. The van der Waals surface area contributed by atoms with E-state index in [2.05, 4.69) is 10.1 Å². The van der Waals surface area contributed by atoms with E-state index < -0.39 is 44.2 Å². The van der Waals surface area contributed by atoms with Crippen molar-refractivity contribution < 1.29 is 31.5 Å². The number of aryl methyl sites for hydroxylation is 1.